The van der Waals surface area contributed by atoms with Gasteiger partial charge in [0.25, 0.3) is 0 Å². The van der Waals surface area contributed by atoms with Gasteiger partial charge in [0.1, 0.15) is 18.1 Å². The first-order valence-corrected chi connectivity index (χ1v) is 14.8. The monoisotopic (exact) mass is 622 g/mol. The van der Waals surface area contributed by atoms with Gasteiger partial charge >= 0.3 is 5.97 Å². The predicted octanol–water partition coefficient (Wildman–Crippen LogP) is 2.64. The molecule has 12 heteroatoms. The van der Waals surface area contributed by atoms with Gasteiger partial charge in [-0.3, -0.25) is 29.0 Å². The van der Waals surface area contributed by atoms with E-state index in [1.807, 2.05) is 4.90 Å². The van der Waals surface area contributed by atoms with Gasteiger partial charge in [0.15, 0.2) is 28.8 Å². The van der Waals surface area contributed by atoms with Crippen LogP contribution in [0.5, 0.6) is 17.2 Å². The fourth-order valence-corrected chi connectivity index (χ4v) is 7.61. The fraction of sp³-hybridized carbons (Fsp3) is 0.485. The number of piperazine rings is 1. The largest absolute Gasteiger partial charge is 0.507 e. The van der Waals surface area contributed by atoms with Crippen molar-refractivity contribution in [2.45, 2.75) is 77.7 Å². The minimum absolute atomic E-state index is 0.00114. The minimum atomic E-state index is -1.04. The number of ether oxygens (including phenoxy) is 3. The second-order valence-corrected chi connectivity index (χ2v) is 12.1. The second-order valence-electron chi connectivity index (χ2n) is 12.1. The Bertz CT molecular complexity index is 1650. The van der Waals surface area contributed by atoms with Crippen molar-refractivity contribution in [2.75, 3.05) is 27.9 Å². The zero-order valence-electron chi connectivity index (χ0n) is 26.6. The molecule has 1 fully saturated rings. The SMILES string of the molecule is C/C=C(\C)C(=O)OC[C@H]1C2=C(C[C@H]3[C@H]4c5c(O)c(OC)c(C)c(O)c5C(=O)[C@@H]([C@H](CC(C)=O)N13)N4C)C(=O)C(C)=C(OC)C2=O. The average molecular weight is 623 g/mol. The molecule has 0 saturated carbocycles. The van der Waals surface area contributed by atoms with Crippen molar-refractivity contribution in [1.82, 2.24) is 9.80 Å². The number of Topliss-reactive ketones (excluding diaryl/α,β-unsaturated/α-hetero) is 4. The number of rotatable bonds is 7. The van der Waals surface area contributed by atoms with Crippen LogP contribution in [0.25, 0.3) is 0 Å². The quantitative estimate of drug-likeness (QED) is 0.198. The molecule has 4 aliphatic rings. The molecular formula is C33H38N2O10. The molecule has 240 valence electrons. The van der Waals surface area contributed by atoms with Crippen LogP contribution < -0.4 is 4.74 Å². The number of methoxy groups -OCH3 is 2. The lowest BCUT2D eigenvalue weighted by Gasteiger charge is -2.60. The number of benzene rings is 1. The van der Waals surface area contributed by atoms with E-state index < -0.39 is 53.5 Å². The van der Waals surface area contributed by atoms with E-state index in [2.05, 4.69) is 0 Å². The van der Waals surface area contributed by atoms with Gasteiger partial charge in [-0.25, -0.2) is 4.79 Å². The molecule has 3 aliphatic heterocycles. The van der Waals surface area contributed by atoms with Crippen LogP contribution in [0.15, 0.2) is 34.1 Å². The maximum Gasteiger partial charge on any atom is 0.333 e. The summed E-state index contributed by atoms with van der Waals surface area (Å²) in [4.78, 5) is 71.4. The summed E-state index contributed by atoms with van der Waals surface area (Å²) in [6.45, 7) is 7.33. The molecule has 1 aliphatic carbocycles. The molecule has 2 bridgehead atoms. The number of allylic oxidation sites excluding steroid dienone is 3. The average Bonchev–Trinajstić information content (AvgIpc) is 2.99. The van der Waals surface area contributed by atoms with Crippen LogP contribution in [-0.4, -0.2) is 101 Å². The summed E-state index contributed by atoms with van der Waals surface area (Å²) in [7, 11) is 4.33. The number of phenols is 2. The molecule has 5 atom stereocenters. The first kappa shape index (κ1) is 32.1. The summed E-state index contributed by atoms with van der Waals surface area (Å²) in [5.41, 5.74) is 0.998. The van der Waals surface area contributed by atoms with Gasteiger partial charge in [0, 0.05) is 51.9 Å². The van der Waals surface area contributed by atoms with Crippen molar-refractivity contribution in [1.29, 1.82) is 0 Å². The van der Waals surface area contributed by atoms with Gasteiger partial charge in [-0.1, -0.05) is 6.08 Å². The molecule has 1 saturated heterocycles. The lowest BCUT2D eigenvalue weighted by molar-refractivity contribution is -0.145. The van der Waals surface area contributed by atoms with E-state index in [1.165, 1.54) is 35.0 Å². The third-order valence-corrected chi connectivity index (χ3v) is 9.73. The Morgan fingerprint density at radius 2 is 1.67 bits per heavy atom. The first-order chi connectivity index (χ1) is 21.2. The van der Waals surface area contributed by atoms with Crippen molar-refractivity contribution in [3.8, 4) is 17.2 Å². The number of likely N-dealkylation sites (N-methyl/N-ethyl adjacent to an activating group) is 1. The Hall–Kier alpha value is -4.29. The van der Waals surface area contributed by atoms with Gasteiger partial charge in [-0.15, -0.1) is 0 Å². The summed E-state index contributed by atoms with van der Waals surface area (Å²) >= 11 is 0. The number of hydrogen-bond donors (Lipinski definition) is 2. The van der Waals surface area contributed by atoms with Crippen LogP contribution in [0.1, 0.15) is 68.1 Å². The molecule has 0 amide bonds. The maximum atomic E-state index is 14.3. The van der Waals surface area contributed by atoms with E-state index in [-0.39, 0.29) is 81.6 Å². The summed E-state index contributed by atoms with van der Waals surface area (Å²) < 4.78 is 16.5. The van der Waals surface area contributed by atoms with Crippen molar-refractivity contribution in [2.24, 2.45) is 0 Å². The summed E-state index contributed by atoms with van der Waals surface area (Å²) in [6.07, 6.45) is 1.48. The van der Waals surface area contributed by atoms with E-state index in [4.69, 9.17) is 14.2 Å². The van der Waals surface area contributed by atoms with Crippen LogP contribution in [0.3, 0.4) is 0 Å². The molecule has 3 heterocycles. The lowest BCUT2D eigenvalue weighted by atomic mass is 9.68. The number of aromatic hydroxyl groups is 2. The molecule has 0 radical (unpaired) electrons. The molecule has 0 unspecified atom stereocenters. The first-order valence-electron chi connectivity index (χ1n) is 14.8. The molecule has 1 aromatic rings. The number of fused-ring (bicyclic) bond motifs is 6. The van der Waals surface area contributed by atoms with E-state index in [0.29, 0.717) is 5.57 Å². The lowest BCUT2D eigenvalue weighted by Crippen LogP contribution is -2.72. The van der Waals surface area contributed by atoms with Gasteiger partial charge in [0.05, 0.1) is 37.9 Å². The number of carbonyl (C=O) groups excluding carboxylic acids is 5. The Morgan fingerprint density at radius 3 is 2.24 bits per heavy atom. The second kappa shape index (κ2) is 11.6. The summed E-state index contributed by atoms with van der Waals surface area (Å²) in [5.74, 6) is -3.12. The predicted molar refractivity (Wildman–Crippen MR) is 160 cm³/mol. The molecule has 0 aromatic heterocycles. The zero-order valence-corrected chi connectivity index (χ0v) is 26.6. The highest BCUT2D eigenvalue weighted by molar-refractivity contribution is 6.25. The number of carbonyl (C=O) groups is 5. The van der Waals surface area contributed by atoms with Crippen molar-refractivity contribution in [3.63, 3.8) is 0 Å². The van der Waals surface area contributed by atoms with Crippen molar-refractivity contribution in [3.05, 3.63) is 50.8 Å². The summed E-state index contributed by atoms with van der Waals surface area (Å²) in [6, 6.07) is -4.39. The minimum Gasteiger partial charge on any atom is -0.507 e. The van der Waals surface area contributed by atoms with Crippen LogP contribution in [0, 0.1) is 6.92 Å². The Balaban J connectivity index is 1.80. The summed E-state index contributed by atoms with van der Waals surface area (Å²) in [5, 5.41) is 22.8. The van der Waals surface area contributed by atoms with Gasteiger partial charge < -0.3 is 24.4 Å². The maximum absolute atomic E-state index is 14.3. The smallest absolute Gasteiger partial charge is 0.333 e. The number of hydrogen-bond acceptors (Lipinski definition) is 12. The highest BCUT2D eigenvalue weighted by Gasteiger charge is 2.60. The highest BCUT2D eigenvalue weighted by atomic mass is 16.5. The number of ketones is 4. The van der Waals surface area contributed by atoms with Crippen LogP contribution in [-0.2, 0) is 28.7 Å². The van der Waals surface area contributed by atoms with E-state index in [9.17, 15) is 34.2 Å². The number of phenolic OH excluding ortho intramolecular Hbond substituents is 2. The zero-order chi connectivity index (χ0) is 33.2. The molecule has 1 aromatic carbocycles. The topological polar surface area (TPSA) is 160 Å². The van der Waals surface area contributed by atoms with Crippen molar-refractivity contribution < 1.29 is 48.4 Å². The van der Waals surface area contributed by atoms with E-state index in [0.717, 1.165) is 0 Å². The number of nitrogens with zero attached hydrogens (tertiary/aromatic N) is 2. The number of esters is 1. The molecule has 5 rings (SSSR count). The molecule has 2 N–H and O–H groups in total. The Labute approximate surface area is 260 Å². The van der Waals surface area contributed by atoms with Gasteiger partial charge in [0.2, 0.25) is 5.78 Å². The van der Waals surface area contributed by atoms with Crippen LogP contribution in [0.2, 0.25) is 0 Å². The Morgan fingerprint density at radius 1 is 1.00 bits per heavy atom. The van der Waals surface area contributed by atoms with Gasteiger partial charge in [-0.2, -0.15) is 0 Å². The Kier molecular flexibility index (Phi) is 8.26. The van der Waals surface area contributed by atoms with Crippen LogP contribution >= 0.6 is 0 Å². The molecule has 45 heavy (non-hydrogen) atoms. The van der Waals surface area contributed by atoms with Crippen LogP contribution in [0.4, 0.5) is 0 Å². The highest BCUT2D eigenvalue weighted by Crippen LogP contribution is 2.56. The molecule has 12 nitrogen and oxygen atoms in total. The van der Waals surface area contributed by atoms with E-state index in [1.54, 1.807) is 31.9 Å². The standard InChI is InChI=1S/C33H38N2O10/c1-9-13(2)33(42)45-12-20-21-17(26(37)15(4)31(43-7)29(21)40)11-19-24-22-23(27(38)16(5)32(44-8)30(22)41)28(39)25(34(24)6)18(35(19)20)10-14(3)36/h9,18-20,24-25,38,41H,10-12H2,1-8H3/b13-9+/t18-,19-,20-,24-,25+/m0/s1. The third-order valence-electron chi connectivity index (χ3n) is 9.73. The normalized spacial score (nSPS) is 26.8. The fourth-order valence-electron chi connectivity index (χ4n) is 7.61. The third kappa shape index (κ3) is 4.61. The van der Waals surface area contributed by atoms with E-state index >= 15 is 0 Å². The molecule has 0 spiro atoms. The molecular weight excluding hydrogens is 584 g/mol. The van der Waals surface area contributed by atoms with Crippen molar-refractivity contribution >= 4 is 29.1 Å². The van der Waals surface area contributed by atoms with Gasteiger partial charge in [-0.05, 0) is 48.1 Å².